The van der Waals surface area contributed by atoms with Crippen molar-refractivity contribution in [1.82, 2.24) is 5.32 Å². The Morgan fingerprint density at radius 3 is 2.35 bits per heavy atom. The van der Waals surface area contributed by atoms with Gasteiger partial charge in [0.2, 0.25) is 0 Å². The Labute approximate surface area is 117 Å². The van der Waals surface area contributed by atoms with Crippen LogP contribution in [0.3, 0.4) is 0 Å². The average molecular weight is 283 g/mol. The number of nitrogens with one attached hydrogen (secondary N) is 1. The summed E-state index contributed by atoms with van der Waals surface area (Å²) in [5.41, 5.74) is 2.46. The molecule has 0 amide bonds. The van der Waals surface area contributed by atoms with Crippen LogP contribution in [-0.4, -0.2) is 6.54 Å². The fourth-order valence-electron chi connectivity index (χ4n) is 2.76. The molecule has 0 radical (unpaired) electrons. The predicted octanol–water partition coefficient (Wildman–Crippen LogP) is 4.55. The third kappa shape index (κ3) is 2.69. The maximum atomic E-state index is 13.0. The molecular formula is C16H20F3N. The first-order valence-electron chi connectivity index (χ1n) is 6.82. The van der Waals surface area contributed by atoms with Crippen LogP contribution >= 0.6 is 0 Å². The first-order valence-corrected chi connectivity index (χ1v) is 6.82. The highest BCUT2D eigenvalue weighted by Gasteiger charge is 2.34. The molecule has 1 aromatic rings. The molecule has 4 heteroatoms. The van der Waals surface area contributed by atoms with Crippen molar-refractivity contribution in [2.75, 3.05) is 6.54 Å². The molecule has 0 aromatic heterocycles. The fourth-order valence-corrected chi connectivity index (χ4v) is 2.76. The molecule has 0 bridgehead atoms. The van der Waals surface area contributed by atoms with E-state index in [4.69, 9.17) is 0 Å². The van der Waals surface area contributed by atoms with E-state index in [-0.39, 0.29) is 5.41 Å². The molecule has 2 rings (SSSR count). The Kier molecular flexibility index (Phi) is 3.61. The molecule has 0 fully saturated rings. The van der Waals surface area contributed by atoms with Crippen LogP contribution in [0.2, 0.25) is 0 Å². The minimum atomic E-state index is -4.29. The zero-order valence-electron chi connectivity index (χ0n) is 12.3. The van der Waals surface area contributed by atoms with Gasteiger partial charge in [0, 0.05) is 23.2 Å². The lowest BCUT2D eigenvalue weighted by Gasteiger charge is -2.18. The van der Waals surface area contributed by atoms with Crippen molar-refractivity contribution < 1.29 is 13.2 Å². The molecule has 1 nitrogen and oxygen atoms in total. The van der Waals surface area contributed by atoms with Crippen LogP contribution in [0, 0.1) is 12.3 Å². The number of hydrogen-bond donors (Lipinski definition) is 1. The van der Waals surface area contributed by atoms with Crippen LogP contribution < -0.4 is 5.32 Å². The van der Waals surface area contributed by atoms with Crippen molar-refractivity contribution in [3.05, 3.63) is 40.5 Å². The van der Waals surface area contributed by atoms with Crippen molar-refractivity contribution in [2.45, 2.75) is 40.3 Å². The summed E-state index contributed by atoms with van der Waals surface area (Å²) in [5.74, 6) is 0. The van der Waals surface area contributed by atoms with Crippen LogP contribution in [-0.2, 0) is 12.6 Å². The van der Waals surface area contributed by atoms with Crippen molar-refractivity contribution >= 4 is 5.70 Å². The molecule has 20 heavy (non-hydrogen) atoms. The monoisotopic (exact) mass is 283 g/mol. The summed E-state index contributed by atoms with van der Waals surface area (Å²) in [6.45, 7) is 8.48. The summed E-state index contributed by atoms with van der Waals surface area (Å²) in [5, 5.41) is 3.30. The smallest absolute Gasteiger partial charge is 0.384 e. The van der Waals surface area contributed by atoms with Gasteiger partial charge in [0.05, 0.1) is 5.56 Å². The maximum absolute atomic E-state index is 13.0. The number of alkyl halides is 3. The first-order chi connectivity index (χ1) is 9.15. The number of hydrogen-bond acceptors (Lipinski definition) is 1. The molecular weight excluding hydrogens is 263 g/mol. The van der Waals surface area contributed by atoms with Crippen LogP contribution in [0.5, 0.6) is 0 Å². The number of halogens is 3. The Balaban J connectivity index is 2.55. The quantitative estimate of drug-likeness (QED) is 0.839. The second-order valence-electron chi connectivity index (χ2n) is 6.02. The van der Waals surface area contributed by atoms with E-state index in [2.05, 4.69) is 25.2 Å². The van der Waals surface area contributed by atoms with Gasteiger partial charge < -0.3 is 5.32 Å². The van der Waals surface area contributed by atoms with E-state index in [0.717, 1.165) is 23.4 Å². The molecule has 0 unspecified atom stereocenters. The minimum Gasteiger partial charge on any atom is -0.384 e. The van der Waals surface area contributed by atoms with Gasteiger partial charge >= 0.3 is 6.18 Å². The molecule has 1 N–H and O–H groups in total. The lowest BCUT2D eigenvalue weighted by atomic mass is 9.91. The van der Waals surface area contributed by atoms with Crippen molar-refractivity contribution in [1.29, 1.82) is 0 Å². The van der Waals surface area contributed by atoms with E-state index in [0.29, 0.717) is 12.0 Å². The van der Waals surface area contributed by atoms with E-state index in [1.54, 1.807) is 13.0 Å². The first kappa shape index (κ1) is 14.9. The second kappa shape index (κ2) is 4.83. The topological polar surface area (TPSA) is 12.0 Å². The third-order valence-corrected chi connectivity index (χ3v) is 3.82. The largest absolute Gasteiger partial charge is 0.416 e. The lowest BCUT2D eigenvalue weighted by molar-refractivity contribution is -0.138. The van der Waals surface area contributed by atoms with E-state index in [9.17, 15) is 13.2 Å². The van der Waals surface area contributed by atoms with Gasteiger partial charge in [-0.15, -0.1) is 0 Å². The van der Waals surface area contributed by atoms with Gasteiger partial charge in [0.25, 0.3) is 0 Å². The van der Waals surface area contributed by atoms with Gasteiger partial charge in [-0.05, 0) is 30.5 Å². The van der Waals surface area contributed by atoms with E-state index >= 15 is 0 Å². The van der Waals surface area contributed by atoms with Crippen LogP contribution in [0.4, 0.5) is 13.2 Å². The summed E-state index contributed by atoms with van der Waals surface area (Å²) in [7, 11) is 0. The third-order valence-electron chi connectivity index (χ3n) is 3.82. The van der Waals surface area contributed by atoms with Crippen molar-refractivity contribution in [2.24, 2.45) is 5.41 Å². The normalized spacial score (nSPS) is 17.9. The van der Waals surface area contributed by atoms with E-state index in [1.165, 1.54) is 6.07 Å². The molecule has 110 valence electrons. The second-order valence-corrected chi connectivity index (χ2v) is 6.02. The van der Waals surface area contributed by atoms with Crippen LogP contribution in [0.25, 0.3) is 5.70 Å². The standard InChI is InChI=1S/C16H20F3N/c1-5-11-10(2)13(16(17,18)19)7-6-12(11)14-8-15(3,4)9-20-14/h6-8,20H,5,9H2,1-4H3. The SMILES string of the molecule is CCc1c(C2=CC(C)(C)CN2)ccc(C(F)(F)F)c1C. The molecule has 0 aliphatic carbocycles. The summed E-state index contributed by atoms with van der Waals surface area (Å²) in [4.78, 5) is 0. The molecule has 1 heterocycles. The highest BCUT2D eigenvalue weighted by Crippen LogP contribution is 2.37. The van der Waals surface area contributed by atoms with Gasteiger partial charge in [0.15, 0.2) is 0 Å². The van der Waals surface area contributed by atoms with Crippen LogP contribution in [0.15, 0.2) is 18.2 Å². The molecule has 0 atom stereocenters. The molecule has 1 aromatic carbocycles. The lowest BCUT2D eigenvalue weighted by Crippen LogP contribution is -2.18. The summed E-state index contributed by atoms with van der Waals surface area (Å²) in [6.07, 6.45) is -1.60. The van der Waals surface area contributed by atoms with Gasteiger partial charge in [-0.2, -0.15) is 13.2 Å². The maximum Gasteiger partial charge on any atom is 0.416 e. The van der Waals surface area contributed by atoms with Crippen LogP contribution in [0.1, 0.15) is 43.0 Å². The summed E-state index contributed by atoms with van der Waals surface area (Å²) < 4.78 is 38.9. The fraction of sp³-hybridized carbons (Fsp3) is 0.500. The average Bonchev–Trinajstić information content (AvgIpc) is 2.67. The van der Waals surface area contributed by atoms with Crippen molar-refractivity contribution in [3.8, 4) is 0 Å². The van der Waals surface area contributed by atoms with E-state index < -0.39 is 11.7 Å². The zero-order chi connectivity index (χ0) is 15.1. The molecule has 1 aliphatic rings. The van der Waals surface area contributed by atoms with Gasteiger partial charge in [-0.3, -0.25) is 0 Å². The van der Waals surface area contributed by atoms with E-state index in [1.807, 2.05) is 6.92 Å². The van der Waals surface area contributed by atoms with Gasteiger partial charge in [-0.1, -0.05) is 32.9 Å². The molecule has 1 aliphatic heterocycles. The number of benzene rings is 1. The highest BCUT2D eigenvalue weighted by atomic mass is 19.4. The van der Waals surface area contributed by atoms with Crippen molar-refractivity contribution in [3.63, 3.8) is 0 Å². The Hall–Kier alpha value is -1.45. The highest BCUT2D eigenvalue weighted by molar-refractivity contribution is 5.71. The molecule has 0 spiro atoms. The summed E-state index contributed by atoms with van der Waals surface area (Å²) in [6, 6.07) is 2.78. The Morgan fingerprint density at radius 1 is 1.25 bits per heavy atom. The summed E-state index contributed by atoms with van der Waals surface area (Å²) >= 11 is 0. The zero-order valence-corrected chi connectivity index (χ0v) is 12.3. The van der Waals surface area contributed by atoms with Gasteiger partial charge in [0.1, 0.15) is 0 Å². The number of rotatable bonds is 2. The minimum absolute atomic E-state index is 0.0386. The molecule has 0 saturated carbocycles. The predicted molar refractivity (Wildman–Crippen MR) is 75.3 cm³/mol. The Bertz CT molecular complexity index is 554. The van der Waals surface area contributed by atoms with Gasteiger partial charge in [-0.25, -0.2) is 0 Å². The Morgan fingerprint density at radius 2 is 1.90 bits per heavy atom. The molecule has 0 saturated heterocycles.